The van der Waals surface area contributed by atoms with E-state index in [9.17, 15) is 14.4 Å². The number of rotatable bonds is 14. The number of hydrogen-bond acceptors (Lipinski definition) is 3. The molecule has 0 heterocycles. The summed E-state index contributed by atoms with van der Waals surface area (Å²) in [5.74, 6) is -0.231. The Balaban J connectivity index is 1.78. The molecule has 0 aromatic heterocycles. The quantitative estimate of drug-likeness (QED) is 0.170. The van der Waals surface area contributed by atoms with Crippen molar-refractivity contribution in [2.45, 2.75) is 94.4 Å². The predicted octanol–water partition coefficient (Wildman–Crippen LogP) is 8.82. The van der Waals surface area contributed by atoms with Gasteiger partial charge >= 0.3 is 0 Å². The van der Waals surface area contributed by atoms with Gasteiger partial charge in [0.05, 0.1) is 5.92 Å². The van der Waals surface area contributed by atoms with Gasteiger partial charge in [-0.1, -0.05) is 77.9 Å². The van der Waals surface area contributed by atoms with Gasteiger partial charge < -0.3 is 16.0 Å². The van der Waals surface area contributed by atoms with Crippen molar-refractivity contribution >= 4 is 34.8 Å². The highest BCUT2D eigenvalue weighted by Gasteiger charge is 2.26. The van der Waals surface area contributed by atoms with Crippen LogP contribution in [0.3, 0.4) is 0 Å². The average Bonchev–Trinajstić information content (AvgIpc) is 2.92. The van der Waals surface area contributed by atoms with Crippen molar-refractivity contribution in [1.29, 1.82) is 0 Å². The lowest BCUT2D eigenvalue weighted by Crippen LogP contribution is -2.31. The maximum absolute atomic E-state index is 13.7. The van der Waals surface area contributed by atoms with Crippen molar-refractivity contribution in [3.8, 4) is 0 Å². The van der Waals surface area contributed by atoms with Crippen molar-refractivity contribution in [3.05, 3.63) is 88.0 Å². The van der Waals surface area contributed by atoms with Crippen LogP contribution in [0.25, 0.3) is 0 Å². The Morgan fingerprint density at radius 3 is 1.11 bits per heavy atom. The van der Waals surface area contributed by atoms with E-state index in [-0.39, 0.29) is 30.6 Å². The van der Waals surface area contributed by atoms with Crippen LogP contribution in [0.2, 0.25) is 0 Å². The molecule has 0 saturated carbocycles. The third-order valence-corrected chi connectivity index (χ3v) is 7.84. The monoisotopic (exact) mass is 611 g/mol. The molecule has 3 N–H and O–H groups in total. The molecule has 3 amide bonds. The van der Waals surface area contributed by atoms with Crippen LogP contribution >= 0.6 is 0 Å². The molecule has 3 aromatic carbocycles. The third kappa shape index (κ3) is 11.5. The van der Waals surface area contributed by atoms with Crippen molar-refractivity contribution < 1.29 is 14.4 Å². The van der Waals surface area contributed by atoms with E-state index >= 15 is 0 Å². The van der Waals surface area contributed by atoms with Crippen molar-refractivity contribution in [1.82, 2.24) is 0 Å². The highest BCUT2D eigenvalue weighted by atomic mass is 16.2. The lowest BCUT2D eigenvalue weighted by molar-refractivity contribution is -0.127. The van der Waals surface area contributed by atoms with Crippen LogP contribution in [0, 0.1) is 44.4 Å². The van der Waals surface area contributed by atoms with Gasteiger partial charge in [-0.05, 0) is 109 Å². The van der Waals surface area contributed by atoms with E-state index in [1.807, 2.05) is 57.2 Å². The zero-order valence-corrected chi connectivity index (χ0v) is 28.8. The molecule has 45 heavy (non-hydrogen) atoms. The van der Waals surface area contributed by atoms with Gasteiger partial charge in [0.1, 0.15) is 0 Å². The van der Waals surface area contributed by atoms with E-state index in [0.29, 0.717) is 34.8 Å². The summed E-state index contributed by atoms with van der Waals surface area (Å²) in [5.41, 5.74) is 8.64. The first-order valence-corrected chi connectivity index (χ1v) is 16.4. The summed E-state index contributed by atoms with van der Waals surface area (Å²) in [6, 6.07) is 18.1. The minimum Gasteiger partial charge on any atom is -0.326 e. The number of carbonyl (C=O) groups excluding carboxylic acids is 3. The van der Waals surface area contributed by atoms with Gasteiger partial charge in [0, 0.05) is 29.9 Å². The highest BCUT2D eigenvalue weighted by molar-refractivity contribution is 6.02. The molecule has 0 aliphatic heterocycles. The Morgan fingerprint density at radius 2 is 0.822 bits per heavy atom. The molecule has 0 radical (unpaired) electrons. The summed E-state index contributed by atoms with van der Waals surface area (Å²) in [6.45, 7) is 19.0. The zero-order chi connectivity index (χ0) is 33.3. The second-order valence-electron chi connectivity index (χ2n) is 13.9. The van der Waals surface area contributed by atoms with E-state index in [4.69, 9.17) is 0 Å². The molecule has 0 saturated heterocycles. The van der Waals surface area contributed by atoms with E-state index in [1.165, 1.54) is 16.7 Å². The van der Waals surface area contributed by atoms with Gasteiger partial charge in [-0.2, -0.15) is 0 Å². The van der Waals surface area contributed by atoms with Gasteiger partial charge in [0.15, 0.2) is 0 Å². The number of carbonyl (C=O) groups is 3. The molecule has 0 aliphatic rings. The lowest BCUT2D eigenvalue weighted by Gasteiger charge is -2.19. The van der Waals surface area contributed by atoms with Crippen LogP contribution in [0.5, 0.6) is 0 Å². The minimum atomic E-state index is -0.860. The number of benzene rings is 3. The molecule has 0 unspecified atom stereocenters. The molecule has 6 heteroatoms. The van der Waals surface area contributed by atoms with Crippen molar-refractivity contribution in [3.63, 3.8) is 0 Å². The second-order valence-corrected chi connectivity index (χ2v) is 13.9. The van der Waals surface area contributed by atoms with Crippen LogP contribution in [0.4, 0.5) is 17.1 Å². The lowest BCUT2D eigenvalue weighted by atomic mass is 9.97. The molecule has 0 fully saturated rings. The maximum atomic E-state index is 13.7. The van der Waals surface area contributed by atoms with Crippen LogP contribution < -0.4 is 16.0 Å². The summed E-state index contributed by atoms with van der Waals surface area (Å²) in [4.78, 5) is 40.3. The highest BCUT2D eigenvalue weighted by Crippen LogP contribution is 2.24. The fourth-order valence-electron chi connectivity index (χ4n) is 5.74. The number of aryl methyl sites for hydroxylation is 3. The van der Waals surface area contributed by atoms with Crippen molar-refractivity contribution in [2.75, 3.05) is 16.0 Å². The topological polar surface area (TPSA) is 87.3 Å². The fraction of sp³-hybridized carbons (Fsp3) is 0.462. The first-order valence-electron chi connectivity index (χ1n) is 16.4. The first-order chi connectivity index (χ1) is 21.2. The Morgan fingerprint density at radius 1 is 0.511 bits per heavy atom. The molecule has 3 rings (SSSR count). The number of anilines is 3. The van der Waals surface area contributed by atoms with Crippen LogP contribution in [-0.4, -0.2) is 17.7 Å². The van der Waals surface area contributed by atoms with Gasteiger partial charge in [0.25, 0.3) is 0 Å². The fourth-order valence-corrected chi connectivity index (χ4v) is 5.74. The number of hydrogen-bond donors (Lipinski definition) is 3. The standard InChI is InChI=1S/C39H53N3O3/c1-24(2)16-30-10-13-34(27(7)19-30)40-37(43)22-33(39(45)42-36-15-12-32(18-26(5)6)21-29(36)9)23-38(44)41-35-14-11-31(17-25(3)4)20-28(35)8/h10-15,19-21,24-26,33H,16-18,22-23H2,1-9H3,(H,40,43)(H,41,44)(H,42,45). The third-order valence-electron chi connectivity index (χ3n) is 7.84. The van der Waals surface area contributed by atoms with E-state index in [1.54, 1.807) is 0 Å². The Kier molecular flexibility index (Phi) is 13.0. The zero-order valence-electron chi connectivity index (χ0n) is 28.8. The first kappa shape index (κ1) is 35.5. The smallest absolute Gasteiger partial charge is 0.228 e. The SMILES string of the molecule is Cc1cc(CC(C)C)ccc1NC(=O)CC(CC(=O)Nc1ccc(CC(C)C)cc1C)C(=O)Nc1ccc(CC(C)C)cc1C. The summed E-state index contributed by atoms with van der Waals surface area (Å²) >= 11 is 0. The van der Waals surface area contributed by atoms with E-state index < -0.39 is 5.92 Å². The van der Waals surface area contributed by atoms with Crippen LogP contribution in [-0.2, 0) is 33.6 Å². The van der Waals surface area contributed by atoms with Crippen LogP contribution in [0.15, 0.2) is 54.6 Å². The van der Waals surface area contributed by atoms with Crippen molar-refractivity contribution in [2.24, 2.45) is 23.7 Å². The average molecular weight is 612 g/mol. The van der Waals surface area contributed by atoms with E-state index in [0.717, 1.165) is 36.0 Å². The Hall–Kier alpha value is -3.93. The molecular weight excluding hydrogens is 558 g/mol. The molecule has 0 atom stereocenters. The number of amides is 3. The largest absolute Gasteiger partial charge is 0.326 e. The molecule has 0 bridgehead atoms. The normalized spacial score (nSPS) is 11.4. The molecule has 242 valence electrons. The van der Waals surface area contributed by atoms with E-state index in [2.05, 4.69) is 75.7 Å². The number of nitrogens with one attached hydrogen (secondary N) is 3. The predicted molar refractivity (Wildman–Crippen MR) is 188 cm³/mol. The summed E-state index contributed by atoms with van der Waals surface area (Å²) in [7, 11) is 0. The maximum Gasteiger partial charge on any atom is 0.228 e. The minimum absolute atomic E-state index is 0.122. The second kappa shape index (κ2) is 16.4. The summed E-state index contributed by atoms with van der Waals surface area (Å²) < 4.78 is 0. The van der Waals surface area contributed by atoms with Gasteiger partial charge in [-0.15, -0.1) is 0 Å². The molecule has 0 aliphatic carbocycles. The molecule has 0 spiro atoms. The Labute approximate surface area is 270 Å². The van der Waals surface area contributed by atoms with Gasteiger partial charge in [-0.3, -0.25) is 14.4 Å². The molecular formula is C39H53N3O3. The Bertz CT molecular complexity index is 1410. The molecule has 6 nitrogen and oxygen atoms in total. The summed E-state index contributed by atoms with van der Waals surface area (Å²) in [6.07, 6.45) is 2.63. The van der Waals surface area contributed by atoms with Gasteiger partial charge in [-0.25, -0.2) is 0 Å². The molecule has 3 aromatic rings. The van der Waals surface area contributed by atoms with Crippen LogP contribution in [0.1, 0.15) is 87.8 Å². The van der Waals surface area contributed by atoms with Gasteiger partial charge in [0.2, 0.25) is 17.7 Å². The summed E-state index contributed by atoms with van der Waals surface area (Å²) in [5, 5.41) is 8.96.